The van der Waals surface area contributed by atoms with Gasteiger partial charge in [-0.15, -0.1) is 0 Å². The standard InChI is InChI=1S/C67H98N12O16S/c1-8-38(6)56(64(92)76-55(37(4)5)63(91)72-45(28-39-15-10-9-11-16-39)51(83)30-41(27-36(2)3)58(86)67(7)35-95-67)77-62(90)50-18-14-26-79(50)65(93)47(29-40-20-22-42(81)23-21-40)74-60(88)46(31-54(69)85)73-59(87)44(24-25-53(68)84)71-61(89)48(33-80)70-32-43(82)17-12-13-19-52-57-49(34-96-52)75-66(94)78-57/h9-11,15-16,20-23,36-38,41,44-50,52,55-57,70,80-81H,8,12-14,17-19,24-35H2,1-7H3,(H2,68,84)(H2,69,85)(H,71,89)(H,72,91)(H,73,87)(H,74,88)(H,76,92)(H,77,90)(H2,75,78,94)/t38-,41-,44-,45-,46-,47-,48-,49-,50-,52-,55-,56-,57-,67-/m0/s1. The molecule has 0 aliphatic carbocycles. The molecule has 4 saturated heterocycles. The van der Waals surface area contributed by atoms with E-state index in [9.17, 15) is 72.5 Å². The topological polar surface area (TPSA) is 438 Å². The molecule has 0 unspecified atom stereocenters. The van der Waals surface area contributed by atoms with Crippen LogP contribution in [0, 0.1) is 23.7 Å². The monoisotopic (exact) mass is 1360 g/mol. The minimum Gasteiger partial charge on any atom is -0.508 e. The summed E-state index contributed by atoms with van der Waals surface area (Å²) in [6, 6.07) is 3.37. The number of phenols is 1. The first kappa shape index (κ1) is 77.0. The summed E-state index contributed by atoms with van der Waals surface area (Å²) < 4.78 is 5.47. The van der Waals surface area contributed by atoms with Crippen LogP contribution in [0.5, 0.6) is 5.75 Å². The number of phenolic OH excluding ortho intramolecular Hbond substituents is 1. The van der Waals surface area contributed by atoms with Crippen LogP contribution in [-0.2, 0) is 75.1 Å². The Morgan fingerprint density at radius 3 is 1.96 bits per heavy atom. The highest BCUT2D eigenvalue weighted by Gasteiger charge is 2.50. The molecule has 15 N–H and O–H groups in total. The number of ether oxygens (including phenoxy) is 1. The van der Waals surface area contributed by atoms with Gasteiger partial charge in [-0.2, -0.15) is 11.8 Å². The predicted molar refractivity (Wildman–Crippen MR) is 355 cm³/mol. The highest BCUT2D eigenvalue weighted by Crippen LogP contribution is 2.35. The number of likely N-dealkylation sites (tertiary alicyclic amines) is 1. The number of carbonyl (C=O) groups excluding carboxylic acids is 13. The molecule has 2 aromatic rings. The number of urea groups is 1. The molecule has 4 fully saturated rings. The molecule has 28 nitrogen and oxygen atoms in total. The van der Waals surface area contributed by atoms with Gasteiger partial charge in [0, 0.05) is 49.1 Å². The van der Waals surface area contributed by atoms with Crippen LogP contribution in [0.1, 0.15) is 137 Å². The van der Waals surface area contributed by atoms with E-state index in [1.54, 1.807) is 58.5 Å². The van der Waals surface area contributed by atoms with Crippen LogP contribution in [0.4, 0.5) is 4.79 Å². The van der Waals surface area contributed by atoms with Gasteiger partial charge < -0.3 is 73.9 Å². The zero-order chi connectivity index (χ0) is 70.6. The van der Waals surface area contributed by atoms with Crippen molar-refractivity contribution in [2.75, 3.05) is 32.1 Å². The Hall–Kier alpha value is -8.02. The lowest BCUT2D eigenvalue weighted by Gasteiger charge is -2.32. The van der Waals surface area contributed by atoms with Gasteiger partial charge in [-0.25, -0.2) is 4.79 Å². The number of aliphatic hydroxyl groups is 1. The second kappa shape index (κ2) is 36.4. The second-order valence-corrected chi connectivity index (χ2v) is 27.9. The van der Waals surface area contributed by atoms with Crippen LogP contribution in [0.3, 0.4) is 0 Å². The molecule has 4 aliphatic heterocycles. The van der Waals surface area contributed by atoms with Crippen molar-refractivity contribution in [1.29, 1.82) is 0 Å². The van der Waals surface area contributed by atoms with E-state index in [-0.39, 0.29) is 104 Å². The first-order valence-corrected chi connectivity index (χ1v) is 34.3. The Labute approximate surface area is 564 Å². The molecule has 29 heteroatoms. The number of rotatable bonds is 41. The molecule has 0 spiro atoms. The summed E-state index contributed by atoms with van der Waals surface area (Å²) in [5.74, 6) is -9.87. The van der Waals surface area contributed by atoms with Gasteiger partial charge >= 0.3 is 6.03 Å². The number of fused-ring (bicyclic) bond motifs is 1. The normalized spacial score (nSPS) is 21.5. The molecule has 11 amide bonds. The number of epoxide rings is 1. The van der Waals surface area contributed by atoms with E-state index >= 15 is 0 Å². The molecule has 4 aliphatic rings. The lowest BCUT2D eigenvalue weighted by atomic mass is 9.82. The first-order valence-electron chi connectivity index (χ1n) is 33.3. The Balaban J connectivity index is 1.13. The Kier molecular flexibility index (Phi) is 29.2. The molecular weight excluding hydrogens is 1260 g/mol. The molecule has 96 heavy (non-hydrogen) atoms. The Bertz CT molecular complexity index is 3100. The third-order valence-electron chi connectivity index (χ3n) is 18.1. The number of hydrogen-bond donors (Lipinski definition) is 13. The van der Waals surface area contributed by atoms with Crippen molar-refractivity contribution in [3.8, 4) is 5.75 Å². The number of primary amides is 2. The van der Waals surface area contributed by atoms with E-state index < -0.39 is 151 Å². The van der Waals surface area contributed by atoms with Crippen LogP contribution in [0.2, 0.25) is 0 Å². The Morgan fingerprint density at radius 1 is 0.719 bits per heavy atom. The van der Waals surface area contributed by atoms with Crippen molar-refractivity contribution in [1.82, 2.24) is 52.8 Å². The van der Waals surface area contributed by atoms with E-state index in [0.29, 0.717) is 37.7 Å². The maximum absolute atomic E-state index is 15.0. The summed E-state index contributed by atoms with van der Waals surface area (Å²) in [5.41, 5.74) is 11.2. The van der Waals surface area contributed by atoms with Crippen LogP contribution in [0.25, 0.3) is 0 Å². The smallest absolute Gasteiger partial charge is 0.315 e. The molecule has 6 rings (SSSR count). The number of thioether (sulfide) groups is 1. The van der Waals surface area contributed by atoms with Crippen molar-refractivity contribution >= 4 is 88.3 Å². The summed E-state index contributed by atoms with van der Waals surface area (Å²) in [7, 11) is 0. The second-order valence-electron chi connectivity index (χ2n) is 26.7. The molecule has 2 aromatic carbocycles. The molecule has 14 atom stereocenters. The summed E-state index contributed by atoms with van der Waals surface area (Å²) >= 11 is 1.75. The number of amides is 11. The SMILES string of the molecule is CC[C@H](C)[C@H](NC(=O)[C@@H]1CCCN1C(=O)[C@H](Cc1ccc(O)cc1)NC(=O)[C@H](CC(N)=O)NC(=O)[C@H](CCC(N)=O)NC(=O)[C@H](CO)NCC(=O)CCCC[C@@H]1SC[C@@H]2NC(=O)N[C@@H]21)C(=O)N[C@H](C(=O)N[C@@H](Cc1ccccc1)C(=O)C[C@H](CC(C)C)C(=O)[C@]1(C)CO1)C(C)C. The number of carbonyl (C=O) groups is 13. The van der Waals surface area contributed by atoms with Gasteiger partial charge in [0.15, 0.2) is 11.6 Å². The van der Waals surface area contributed by atoms with Crippen LogP contribution in [-0.4, -0.2) is 195 Å². The summed E-state index contributed by atoms with van der Waals surface area (Å²) in [5, 5.41) is 45.0. The fraction of sp³-hybridized carbons (Fsp3) is 0.627. The average Bonchev–Trinajstić information content (AvgIpc) is 1.63. The van der Waals surface area contributed by atoms with E-state index in [2.05, 4.69) is 47.9 Å². The number of hydrogen-bond acceptors (Lipinski definition) is 18. The summed E-state index contributed by atoms with van der Waals surface area (Å²) in [4.78, 5) is 179. The number of aromatic hydroxyl groups is 1. The minimum atomic E-state index is -1.83. The lowest BCUT2D eigenvalue weighted by Crippen LogP contribution is -2.61. The van der Waals surface area contributed by atoms with Crippen molar-refractivity contribution in [3.63, 3.8) is 0 Å². The Morgan fingerprint density at radius 2 is 1.33 bits per heavy atom. The van der Waals surface area contributed by atoms with Gasteiger partial charge in [0.1, 0.15) is 59.4 Å². The fourth-order valence-corrected chi connectivity index (χ4v) is 13.8. The molecule has 0 radical (unpaired) electrons. The predicted octanol–water partition coefficient (Wildman–Crippen LogP) is 0.145. The van der Waals surface area contributed by atoms with Gasteiger partial charge in [-0.1, -0.05) is 96.8 Å². The van der Waals surface area contributed by atoms with Crippen molar-refractivity contribution in [2.24, 2.45) is 35.1 Å². The number of ketones is 3. The largest absolute Gasteiger partial charge is 0.508 e. The number of nitrogens with zero attached hydrogens (tertiary/aromatic N) is 1. The lowest BCUT2D eigenvalue weighted by molar-refractivity contribution is -0.143. The maximum Gasteiger partial charge on any atom is 0.315 e. The molecule has 0 aromatic heterocycles. The number of unbranched alkanes of at least 4 members (excludes halogenated alkanes) is 1. The quantitative estimate of drug-likeness (QED) is 0.0239. The third-order valence-corrected chi connectivity index (χ3v) is 19.6. The minimum absolute atomic E-state index is 0.000918. The van der Waals surface area contributed by atoms with E-state index in [0.717, 1.165) is 17.7 Å². The first-order chi connectivity index (χ1) is 45.5. The van der Waals surface area contributed by atoms with Crippen molar-refractivity contribution < 1.29 is 77.3 Å². The fourth-order valence-electron chi connectivity index (χ4n) is 12.2. The average molecular weight is 1360 g/mol. The van der Waals surface area contributed by atoms with Gasteiger partial charge in [0.2, 0.25) is 53.2 Å². The van der Waals surface area contributed by atoms with Crippen molar-refractivity contribution in [2.45, 2.75) is 210 Å². The molecule has 528 valence electrons. The highest BCUT2D eigenvalue weighted by atomic mass is 32.2. The summed E-state index contributed by atoms with van der Waals surface area (Å²) in [6.45, 7) is 11.6. The van der Waals surface area contributed by atoms with Gasteiger partial charge in [0.05, 0.1) is 44.3 Å². The third kappa shape index (κ3) is 22.8. The zero-order valence-electron chi connectivity index (χ0n) is 55.9. The summed E-state index contributed by atoms with van der Waals surface area (Å²) in [6.07, 6.45) is 1.31. The van der Waals surface area contributed by atoms with Crippen LogP contribution >= 0.6 is 11.8 Å². The van der Waals surface area contributed by atoms with Gasteiger partial charge in [0.25, 0.3) is 0 Å². The molecule has 4 heterocycles. The number of aliphatic hydroxyl groups excluding tert-OH is 1. The number of nitrogens with one attached hydrogen (secondary N) is 9. The van der Waals surface area contributed by atoms with E-state index in [1.165, 1.54) is 29.2 Å². The van der Waals surface area contributed by atoms with Crippen LogP contribution < -0.4 is 59.3 Å². The number of nitrogens with two attached hydrogens (primary N) is 2. The van der Waals surface area contributed by atoms with Gasteiger partial charge in [-0.3, -0.25) is 62.9 Å². The highest BCUT2D eigenvalue weighted by molar-refractivity contribution is 8.00. The molecule has 0 saturated carbocycles. The van der Waals surface area contributed by atoms with E-state index in [1.807, 2.05) is 32.0 Å². The number of Topliss-reactive ketones (excluding diaryl/α,β-unsaturated/α-hetero) is 3. The maximum atomic E-state index is 15.0. The molecular formula is C67H98N12O16S. The van der Waals surface area contributed by atoms with Gasteiger partial charge in [-0.05, 0) is 92.9 Å². The zero-order valence-corrected chi connectivity index (χ0v) is 56.7. The number of benzene rings is 2. The van der Waals surface area contributed by atoms with E-state index in [4.69, 9.17) is 16.2 Å². The van der Waals surface area contributed by atoms with Crippen LogP contribution in [0.15, 0.2) is 54.6 Å². The van der Waals surface area contributed by atoms with Crippen molar-refractivity contribution in [3.05, 3.63) is 65.7 Å². The molecule has 0 bridgehead atoms.